The fourth-order valence-electron chi connectivity index (χ4n) is 7.70. The highest BCUT2D eigenvalue weighted by atomic mass is 16.6. The molecule has 9 nitrogen and oxygen atoms in total. The van der Waals surface area contributed by atoms with Crippen LogP contribution in [0.1, 0.15) is 73.6 Å². The summed E-state index contributed by atoms with van der Waals surface area (Å²) < 4.78 is 28.9. The normalized spacial score (nSPS) is 41.6. The van der Waals surface area contributed by atoms with Crippen molar-refractivity contribution < 1.29 is 42.9 Å². The van der Waals surface area contributed by atoms with E-state index in [1.807, 2.05) is 13.8 Å². The number of esters is 4. The Balaban J connectivity index is 2.10. The minimum absolute atomic E-state index is 0.0412. The summed E-state index contributed by atoms with van der Waals surface area (Å²) in [6.45, 7) is 13.9. The molecule has 9 heteroatoms. The summed E-state index contributed by atoms with van der Waals surface area (Å²) >= 11 is 0. The van der Waals surface area contributed by atoms with E-state index in [1.54, 1.807) is 6.08 Å². The molecule has 202 valence electrons. The molecule has 3 fully saturated rings. The second kappa shape index (κ2) is 9.80. The van der Waals surface area contributed by atoms with Gasteiger partial charge in [-0.1, -0.05) is 13.0 Å². The summed E-state index contributed by atoms with van der Waals surface area (Å²) in [5.74, 6) is -2.24. The molecule has 36 heavy (non-hydrogen) atoms. The first-order valence-corrected chi connectivity index (χ1v) is 12.6. The first-order valence-electron chi connectivity index (χ1n) is 12.6. The van der Waals surface area contributed by atoms with E-state index in [0.717, 1.165) is 0 Å². The highest BCUT2D eigenvalue weighted by Gasteiger charge is 2.70. The Morgan fingerprint density at radius 2 is 1.61 bits per heavy atom. The highest BCUT2D eigenvalue weighted by Crippen LogP contribution is 2.66. The molecule has 3 rings (SSSR count). The van der Waals surface area contributed by atoms with Crippen molar-refractivity contribution in [3.05, 3.63) is 12.7 Å². The van der Waals surface area contributed by atoms with Crippen molar-refractivity contribution in [3.63, 3.8) is 0 Å². The Hall–Kier alpha value is -2.42. The van der Waals surface area contributed by atoms with Gasteiger partial charge in [0.25, 0.3) is 0 Å². The monoisotopic (exact) mass is 508 g/mol. The van der Waals surface area contributed by atoms with E-state index in [0.29, 0.717) is 25.7 Å². The van der Waals surface area contributed by atoms with Crippen molar-refractivity contribution in [2.45, 2.75) is 97.1 Å². The molecule has 0 N–H and O–H groups in total. The van der Waals surface area contributed by atoms with Crippen LogP contribution in [0.15, 0.2) is 12.7 Å². The van der Waals surface area contributed by atoms with Gasteiger partial charge in [-0.15, -0.1) is 6.58 Å². The van der Waals surface area contributed by atoms with E-state index in [9.17, 15) is 19.2 Å². The molecule has 0 amide bonds. The molecular formula is C27H40O9. The standard InChI is InChI=1S/C27H40O9/c1-9-27(15-33-16(2)28)14-19(34-17(3)29)22-24(5)12-11-21(35-18(4)30)26(7,23(31)32-8)20(24)10-13-25(22,6)36-27/h9,19-22H,1,10-15H2,2-8H3/t19?,20?,21-,22?,24-,25+,26-,27-/m1/s1. The molecule has 0 radical (unpaired) electrons. The molecule has 3 aliphatic rings. The molecule has 1 aliphatic heterocycles. The van der Waals surface area contributed by atoms with Crippen molar-refractivity contribution in [2.75, 3.05) is 13.7 Å². The summed E-state index contributed by atoms with van der Waals surface area (Å²) in [5.41, 5.74) is -3.38. The van der Waals surface area contributed by atoms with Gasteiger partial charge in [0.15, 0.2) is 0 Å². The lowest BCUT2D eigenvalue weighted by atomic mass is 9.43. The number of carbonyl (C=O) groups excluding carboxylic acids is 4. The maximum absolute atomic E-state index is 13.3. The van der Waals surface area contributed by atoms with Crippen molar-refractivity contribution in [1.29, 1.82) is 0 Å². The van der Waals surface area contributed by atoms with E-state index >= 15 is 0 Å². The molecule has 0 aromatic heterocycles. The first kappa shape index (κ1) is 28.2. The number of fused-ring (bicyclic) bond motifs is 3. The van der Waals surface area contributed by atoms with Crippen LogP contribution in [0.25, 0.3) is 0 Å². The quantitative estimate of drug-likeness (QED) is 0.302. The maximum Gasteiger partial charge on any atom is 0.315 e. The van der Waals surface area contributed by atoms with E-state index in [1.165, 1.54) is 27.9 Å². The predicted octanol–water partition coefficient (Wildman–Crippen LogP) is 3.52. The minimum Gasteiger partial charge on any atom is -0.468 e. The Morgan fingerprint density at radius 3 is 2.14 bits per heavy atom. The molecule has 2 saturated carbocycles. The Labute approximate surface area is 213 Å². The van der Waals surface area contributed by atoms with E-state index in [4.69, 9.17) is 23.7 Å². The smallest absolute Gasteiger partial charge is 0.315 e. The molecule has 0 spiro atoms. The second-order valence-electron chi connectivity index (χ2n) is 11.3. The third-order valence-corrected chi connectivity index (χ3v) is 8.93. The van der Waals surface area contributed by atoms with Crippen molar-refractivity contribution in [1.82, 2.24) is 0 Å². The third-order valence-electron chi connectivity index (χ3n) is 8.93. The third kappa shape index (κ3) is 4.66. The molecule has 8 atom stereocenters. The topological polar surface area (TPSA) is 114 Å². The SMILES string of the molecule is C=C[C@]1(COC(C)=O)CC(OC(C)=O)C2[C@]3(C)CC[C@@H](OC(C)=O)[C@](C)(C(=O)OC)C3CC[C@]2(C)O1. The molecule has 0 aromatic rings. The van der Waals surface area contributed by atoms with Gasteiger partial charge < -0.3 is 23.7 Å². The van der Waals surface area contributed by atoms with Gasteiger partial charge in [0.05, 0.1) is 12.7 Å². The van der Waals surface area contributed by atoms with Crippen LogP contribution >= 0.6 is 0 Å². The zero-order valence-corrected chi connectivity index (χ0v) is 22.5. The molecule has 1 saturated heterocycles. The zero-order valence-electron chi connectivity index (χ0n) is 22.5. The summed E-state index contributed by atoms with van der Waals surface area (Å²) in [5, 5.41) is 0. The van der Waals surface area contributed by atoms with Crippen LogP contribution < -0.4 is 0 Å². The number of rotatable bonds is 6. The number of ether oxygens (including phenoxy) is 5. The highest BCUT2D eigenvalue weighted by molar-refractivity contribution is 5.79. The second-order valence-corrected chi connectivity index (χ2v) is 11.3. The number of hydrogen-bond acceptors (Lipinski definition) is 9. The van der Waals surface area contributed by atoms with Crippen LogP contribution in [0.2, 0.25) is 0 Å². The minimum atomic E-state index is -1.08. The van der Waals surface area contributed by atoms with Gasteiger partial charge in [-0.25, -0.2) is 0 Å². The summed E-state index contributed by atoms with van der Waals surface area (Å²) in [6, 6.07) is 0. The summed E-state index contributed by atoms with van der Waals surface area (Å²) in [4.78, 5) is 49.1. The van der Waals surface area contributed by atoms with Gasteiger partial charge in [0.1, 0.15) is 29.8 Å². The summed E-state index contributed by atoms with van der Waals surface area (Å²) in [7, 11) is 1.34. The van der Waals surface area contributed by atoms with Crippen LogP contribution in [-0.4, -0.2) is 61.0 Å². The van der Waals surface area contributed by atoms with Crippen LogP contribution in [-0.2, 0) is 42.9 Å². The Morgan fingerprint density at radius 1 is 0.972 bits per heavy atom. The van der Waals surface area contributed by atoms with Gasteiger partial charge in [0, 0.05) is 33.1 Å². The lowest BCUT2D eigenvalue weighted by molar-refractivity contribution is -0.302. The van der Waals surface area contributed by atoms with Gasteiger partial charge >= 0.3 is 23.9 Å². The van der Waals surface area contributed by atoms with Crippen LogP contribution in [0.5, 0.6) is 0 Å². The zero-order chi connectivity index (χ0) is 27.1. The Bertz CT molecular complexity index is 930. The fraction of sp³-hybridized carbons (Fsp3) is 0.778. The first-order chi connectivity index (χ1) is 16.7. The van der Waals surface area contributed by atoms with E-state index in [2.05, 4.69) is 13.5 Å². The molecule has 2 aliphatic carbocycles. The van der Waals surface area contributed by atoms with Gasteiger partial charge in [-0.3, -0.25) is 19.2 Å². The lowest BCUT2D eigenvalue weighted by Crippen LogP contribution is -2.71. The van der Waals surface area contributed by atoms with Crippen LogP contribution in [0.3, 0.4) is 0 Å². The van der Waals surface area contributed by atoms with Crippen molar-refractivity contribution >= 4 is 23.9 Å². The maximum atomic E-state index is 13.3. The largest absolute Gasteiger partial charge is 0.468 e. The number of hydrogen-bond donors (Lipinski definition) is 0. The van der Waals surface area contributed by atoms with Gasteiger partial charge in [-0.05, 0) is 50.9 Å². The van der Waals surface area contributed by atoms with Crippen LogP contribution in [0.4, 0.5) is 0 Å². The number of carbonyl (C=O) groups is 4. The van der Waals surface area contributed by atoms with Crippen molar-refractivity contribution in [3.8, 4) is 0 Å². The van der Waals surface area contributed by atoms with Gasteiger partial charge in [-0.2, -0.15) is 0 Å². The van der Waals surface area contributed by atoms with Crippen LogP contribution in [0, 0.1) is 22.7 Å². The predicted molar refractivity (Wildman–Crippen MR) is 128 cm³/mol. The fourth-order valence-corrected chi connectivity index (χ4v) is 7.70. The average molecular weight is 509 g/mol. The van der Waals surface area contributed by atoms with Crippen molar-refractivity contribution in [2.24, 2.45) is 22.7 Å². The average Bonchev–Trinajstić information content (AvgIpc) is 2.77. The molecule has 0 aromatic carbocycles. The van der Waals surface area contributed by atoms with E-state index in [-0.39, 0.29) is 24.9 Å². The van der Waals surface area contributed by atoms with E-state index < -0.39 is 58.1 Å². The molecule has 3 unspecified atom stereocenters. The molecule has 0 bridgehead atoms. The Kier molecular flexibility index (Phi) is 7.66. The number of methoxy groups -OCH3 is 1. The molecular weight excluding hydrogens is 468 g/mol. The summed E-state index contributed by atoms with van der Waals surface area (Å²) in [6.07, 6.45) is 2.91. The van der Waals surface area contributed by atoms with Gasteiger partial charge in [0.2, 0.25) is 0 Å². The lowest BCUT2D eigenvalue weighted by Gasteiger charge is -2.66. The molecule has 1 heterocycles.